The number of ether oxygens (including phenoxy) is 1. The van der Waals surface area contributed by atoms with E-state index in [1.54, 1.807) is 0 Å². The van der Waals surface area contributed by atoms with E-state index in [0.29, 0.717) is 17.9 Å². The summed E-state index contributed by atoms with van der Waals surface area (Å²) in [4.78, 5) is 12.7. The fourth-order valence-corrected chi connectivity index (χ4v) is 3.37. The van der Waals surface area contributed by atoms with Crippen molar-refractivity contribution in [1.82, 2.24) is 9.78 Å². The molecule has 4 heteroatoms. The highest BCUT2D eigenvalue weighted by Gasteiger charge is 2.28. The van der Waals surface area contributed by atoms with Gasteiger partial charge in [-0.1, -0.05) is 60.7 Å². The number of fused-ring (bicyclic) bond motifs is 3. The van der Waals surface area contributed by atoms with Crippen molar-refractivity contribution in [3.05, 3.63) is 77.0 Å². The molecular formula is C22H20N2O2. The van der Waals surface area contributed by atoms with Crippen molar-refractivity contribution in [3.63, 3.8) is 0 Å². The van der Waals surface area contributed by atoms with Gasteiger partial charge >= 0.3 is 5.97 Å². The summed E-state index contributed by atoms with van der Waals surface area (Å²) in [6.07, 6.45) is 4.79. The zero-order valence-electron chi connectivity index (χ0n) is 14.7. The van der Waals surface area contributed by atoms with Gasteiger partial charge < -0.3 is 4.74 Å². The molecule has 4 nitrogen and oxygen atoms in total. The number of hydrogen-bond donors (Lipinski definition) is 0. The quantitative estimate of drug-likeness (QED) is 0.657. The third kappa shape index (κ3) is 2.94. The van der Waals surface area contributed by atoms with Crippen molar-refractivity contribution in [2.45, 2.75) is 19.9 Å². The summed E-state index contributed by atoms with van der Waals surface area (Å²) in [5.41, 5.74) is 5.43. The average molecular weight is 344 g/mol. The third-order valence-corrected chi connectivity index (χ3v) is 4.56. The molecule has 0 fully saturated rings. The molecule has 2 aromatic carbocycles. The lowest BCUT2D eigenvalue weighted by atomic mass is 9.95. The maximum atomic E-state index is 12.7. The lowest BCUT2D eigenvalue weighted by Gasteiger charge is -2.18. The lowest BCUT2D eigenvalue weighted by Crippen LogP contribution is -2.14. The van der Waals surface area contributed by atoms with Gasteiger partial charge in [-0.2, -0.15) is 5.10 Å². The standard InChI is InChI=1S/C22H20N2O2/c1-2-26-22(25)20-19(13-12-16-8-4-3-5-9-16)23-24-15-14-17-10-6-7-11-18(17)21(20)24/h3-13H,2,14-15H2,1H3/b13-12+. The molecule has 2 heterocycles. The minimum absolute atomic E-state index is 0.321. The summed E-state index contributed by atoms with van der Waals surface area (Å²) in [7, 11) is 0. The Hall–Kier alpha value is -3.14. The third-order valence-electron chi connectivity index (χ3n) is 4.56. The first kappa shape index (κ1) is 16.3. The minimum atomic E-state index is -0.321. The number of carbonyl (C=O) groups is 1. The molecule has 0 amide bonds. The van der Waals surface area contributed by atoms with E-state index in [1.165, 1.54) is 5.56 Å². The van der Waals surface area contributed by atoms with Crippen LogP contribution in [-0.2, 0) is 17.7 Å². The van der Waals surface area contributed by atoms with Gasteiger partial charge in [0.25, 0.3) is 0 Å². The molecule has 0 saturated carbocycles. The highest BCUT2D eigenvalue weighted by Crippen LogP contribution is 2.34. The zero-order chi connectivity index (χ0) is 17.9. The van der Waals surface area contributed by atoms with Gasteiger partial charge in [0.15, 0.2) is 0 Å². The van der Waals surface area contributed by atoms with E-state index in [4.69, 9.17) is 9.84 Å². The van der Waals surface area contributed by atoms with Crippen LogP contribution in [0.3, 0.4) is 0 Å². The van der Waals surface area contributed by atoms with E-state index >= 15 is 0 Å². The molecule has 0 saturated heterocycles. The Morgan fingerprint density at radius 2 is 1.88 bits per heavy atom. The summed E-state index contributed by atoms with van der Waals surface area (Å²) in [5.74, 6) is -0.321. The van der Waals surface area contributed by atoms with Crippen LogP contribution in [0.25, 0.3) is 23.4 Å². The topological polar surface area (TPSA) is 44.1 Å². The predicted molar refractivity (Wildman–Crippen MR) is 103 cm³/mol. The Labute approximate surface area is 152 Å². The van der Waals surface area contributed by atoms with Gasteiger partial charge in [0, 0.05) is 12.1 Å². The lowest BCUT2D eigenvalue weighted by molar-refractivity contribution is 0.0527. The molecule has 1 aliphatic rings. The average Bonchev–Trinajstić information content (AvgIpc) is 3.06. The second kappa shape index (κ2) is 7.00. The van der Waals surface area contributed by atoms with Crippen molar-refractivity contribution >= 4 is 18.1 Å². The normalized spacial score (nSPS) is 12.7. The zero-order valence-corrected chi connectivity index (χ0v) is 14.7. The van der Waals surface area contributed by atoms with E-state index in [2.05, 4.69) is 12.1 Å². The van der Waals surface area contributed by atoms with Crippen LogP contribution in [0.5, 0.6) is 0 Å². The van der Waals surface area contributed by atoms with Crippen LogP contribution in [0, 0.1) is 0 Å². The number of aryl methyl sites for hydroxylation is 2. The van der Waals surface area contributed by atoms with E-state index in [9.17, 15) is 4.79 Å². The fourth-order valence-electron chi connectivity index (χ4n) is 3.37. The summed E-state index contributed by atoms with van der Waals surface area (Å²) in [5, 5.41) is 4.70. The first-order chi connectivity index (χ1) is 12.8. The molecule has 0 bridgehead atoms. The van der Waals surface area contributed by atoms with Gasteiger partial charge in [0.05, 0.1) is 12.3 Å². The van der Waals surface area contributed by atoms with Gasteiger partial charge in [-0.05, 0) is 30.5 Å². The van der Waals surface area contributed by atoms with Crippen molar-refractivity contribution in [1.29, 1.82) is 0 Å². The highest BCUT2D eigenvalue weighted by molar-refractivity contribution is 6.01. The number of hydrogen-bond acceptors (Lipinski definition) is 3. The van der Waals surface area contributed by atoms with E-state index in [1.807, 2.05) is 66.2 Å². The Morgan fingerprint density at radius 1 is 1.12 bits per heavy atom. The molecule has 3 aromatic rings. The van der Waals surface area contributed by atoms with Crippen LogP contribution in [0.1, 0.15) is 34.1 Å². The van der Waals surface area contributed by atoms with Crippen molar-refractivity contribution in [2.24, 2.45) is 0 Å². The smallest absolute Gasteiger partial charge is 0.342 e. The molecule has 0 atom stereocenters. The van der Waals surface area contributed by atoms with Crippen molar-refractivity contribution in [2.75, 3.05) is 6.61 Å². The second-order valence-corrected chi connectivity index (χ2v) is 6.20. The largest absolute Gasteiger partial charge is 0.462 e. The number of rotatable bonds is 4. The molecule has 4 rings (SSSR count). The molecule has 26 heavy (non-hydrogen) atoms. The number of nitrogens with zero attached hydrogens (tertiary/aromatic N) is 2. The summed E-state index contributed by atoms with van der Waals surface area (Å²) < 4.78 is 7.26. The number of benzene rings is 2. The monoisotopic (exact) mass is 344 g/mol. The molecular weight excluding hydrogens is 324 g/mol. The minimum Gasteiger partial charge on any atom is -0.462 e. The molecule has 1 aromatic heterocycles. The van der Waals surface area contributed by atoms with Gasteiger partial charge in [-0.25, -0.2) is 4.79 Å². The maximum Gasteiger partial charge on any atom is 0.342 e. The number of esters is 1. The molecule has 0 N–H and O–H groups in total. The fraction of sp³-hybridized carbons (Fsp3) is 0.182. The van der Waals surface area contributed by atoms with Gasteiger partial charge in [0.2, 0.25) is 0 Å². The summed E-state index contributed by atoms with van der Waals surface area (Å²) in [6, 6.07) is 18.2. The first-order valence-electron chi connectivity index (χ1n) is 8.87. The Morgan fingerprint density at radius 3 is 2.69 bits per heavy atom. The van der Waals surface area contributed by atoms with Crippen LogP contribution < -0.4 is 0 Å². The molecule has 0 radical (unpaired) electrons. The maximum absolute atomic E-state index is 12.7. The van der Waals surface area contributed by atoms with Crippen LogP contribution in [0.4, 0.5) is 0 Å². The van der Waals surface area contributed by atoms with E-state index in [-0.39, 0.29) is 5.97 Å². The van der Waals surface area contributed by atoms with Crippen LogP contribution in [-0.4, -0.2) is 22.4 Å². The van der Waals surface area contributed by atoms with E-state index in [0.717, 1.165) is 29.8 Å². The van der Waals surface area contributed by atoms with Crippen LogP contribution >= 0.6 is 0 Å². The van der Waals surface area contributed by atoms with E-state index < -0.39 is 0 Å². The Balaban J connectivity index is 1.84. The summed E-state index contributed by atoms with van der Waals surface area (Å²) in [6.45, 7) is 2.92. The SMILES string of the molecule is CCOC(=O)c1c(/C=C/c2ccccc2)nn2c1-c1ccccc1CC2. The second-order valence-electron chi connectivity index (χ2n) is 6.20. The molecule has 1 aliphatic heterocycles. The highest BCUT2D eigenvalue weighted by atomic mass is 16.5. The van der Waals surface area contributed by atoms with Crippen LogP contribution in [0.15, 0.2) is 54.6 Å². The van der Waals surface area contributed by atoms with Gasteiger partial charge in [0.1, 0.15) is 11.3 Å². The van der Waals surface area contributed by atoms with Crippen molar-refractivity contribution in [3.8, 4) is 11.3 Å². The predicted octanol–water partition coefficient (Wildman–Crippen LogP) is 4.45. The number of aromatic nitrogens is 2. The van der Waals surface area contributed by atoms with Crippen molar-refractivity contribution < 1.29 is 9.53 Å². The molecule has 0 spiro atoms. The molecule has 0 aliphatic carbocycles. The Kier molecular flexibility index (Phi) is 4.40. The molecule has 130 valence electrons. The molecule has 0 unspecified atom stereocenters. The summed E-state index contributed by atoms with van der Waals surface area (Å²) >= 11 is 0. The number of carbonyl (C=O) groups excluding carboxylic acids is 1. The first-order valence-corrected chi connectivity index (χ1v) is 8.87. The van der Waals surface area contributed by atoms with Crippen LogP contribution in [0.2, 0.25) is 0 Å². The Bertz CT molecular complexity index is 971. The van der Waals surface area contributed by atoms with Gasteiger partial charge in [-0.3, -0.25) is 4.68 Å². The van der Waals surface area contributed by atoms with Gasteiger partial charge in [-0.15, -0.1) is 0 Å².